The normalized spacial score (nSPS) is 23.2. The van der Waals surface area contributed by atoms with E-state index in [0.717, 1.165) is 38.8 Å². The van der Waals surface area contributed by atoms with Gasteiger partial charge in [0.1, 0.15) is 0 Å². The van der Waals surface area contributed by atoms with Crippen LogP contribution in [0.5, 0.6) is 0 Å². The zero-order chi connectivity index (χ0) is 23.1. The first-order valence-electron chi connectivity index (χ1n) is 12.0. The average Bonchev–Trinajstić information content (AvgIpc) is 3.10. The molecule has 0 radical (unpaired) electrons. The van der Waals surface area contributed by atoms with Crippen molar-refractivity contribution in [2.45, 2.75) is 39.5 Å². The number of fused-ring (bicyclic) bond motifs is 1. The summed E-state index contributed by atoms with van der Waals surface area (Å²) < 4.78 is 0. The summed E-state index contributed by atoms with van der Waals surface area (Å²) in [6.07, 6.45) is 3.57. The molecule has 2 saturated heterocycles. The molecule has 3 fully saturated rings. The second-order valence-corrected chi connectivity index (χ2v) is 9.56. The zero-order valence-corrected chi connectivity index (χ0v) is 19.4. The minimum atomic E-state index is -0.191. The molecule has 2 heterocycles. The van der Waals surface area contributed by atoms with Gasteiger partial charge in [0, 0.05) is 37.4 Å². The Balaban J connectivity index is 1.30. The Bertz CT molecular complexity index is 1080. The lowest BCUT2D eigenvalue weighted by molar-refractivity contribution is -0.122. The largest absolute Gasteiger partial charge is 0.368 e. The highest BCUT2D eigenvalue weighted by atomic mass is 16.2. The number of benzene rings is 2. The minimum Gasteiger partial charge on any atom is -0.368 e. The molecule has 0 spiro atoms. The van der Waals surface area contributed by atoms with Crippen molar-refractivity contribution in [2.24, 2.45) is 11.8 Å². The first kappa shape index (κ1) is 21.7. The molecular formula is C27H31N3O3. The van der Waals surface area contributed by atoms with Crippen LogP contribution in [0.1, 0.15) is 47.2 Å². The number of piperazine rings is 1. The molecule has 2 aromatic rings. The van der Waals surface area contributed by atoms with Gasteiger partial charge in [-0.25, -0.2) is 0 Å². The quantitative estimate of drug-likeness (QED) is 0.672. The number of amides is 3. The monoisotopic (exact) mass is 445 g/mol. The number of aryl methyl sites for hydroxylation is 1. The molecule has 1 aliphatic carbocycles. The van der Waals surface area contributed by atoms with E-state index in [9.17, 15) is 14.4 Å². The number of hydrogen-bond donors (Lipinski definition) is 0. The highest BCUT2D eigenvalue weighted by molar-refractivity contribution is 6.22. The fourth-order valence-electron chi connectivity index (χ4n) is 5.61. The van der Waals surface area contributed by atoms with Crippen molar-refractivity contribution in [1.29, 1.82) is 0 Å². The number of rotatable bonds is 3. The van der Waals surface area contributed by atoms with Gasteiger partial charge < -0.3 is 9.80 Å². The Hall–Kier alpha value is -3.15. The maximum Gasteiger partial charge on any atom is 0.254 e. The van der Waals surface area contributed by atoms with E-state index in [0.29, 0.717) is 24.3 Å². The van der Waals surface area contributed by atoms with Crippen LogP contribution in [0.25, 0.3) is 0 Å². The molecule has 3 amide bonds. The van der Waals surface area contributed by atoms with E-state index >= 15 is 0 Å². The van der Waals surface area contributed by atoms with E-state index in [2.05, 4.69) is 36.9 Å². The van der Waals surface area contributed by atoms with Crippen LogP contribution in [-0.2, 0) is 9.59 Å². The van der Waals surface area contributed by atoms with Crippen LogP contribution >= 0.6 is 0 Å². The van der Waals surface area contributed by atoms with Crippen molar-refractivity contribution in [2.75, 3.05) is 36.0 Å². The summed E-state index contributed by atoms with van der Waals surface area (Å²) in [4.78, 5) is 44.7. The molecule has 0 N–H and O–H groups in total. The maximum atomic E-state index is 13.3. The van der Waals surface area contributed by atoms with Crippen molar-refractivity contribution < 1.29 is 14.4 Å². The molecule has 6 nitrogen and oxygen atoms in total. The number of nitrogens with zero attached hydrogens (tertiary/aromatic N) is 3. The van der Waals surface area contributed by atoms with Crippen LogP contribution < -0.4 is 9.80 Å². The van der Waals surface area contributed by atoms with E-state index in [1.807, 2.05) is 4.90 Å². The van der Waals surface area contributed by atoms with Gasteiger partial charge in [-0.1, -0.05) is 31.0 Å². The molecule has 2 atom stereocenters. The third kappa shape index (κ3) is 3.81. The third-order valence-electron chi connectivity index (χ3n) is 7.68. The van der Waals surface area contributed by atoms with Gasteiger partial charge in [-0.2, -0.15) is 0 Å². The third-order valence-corrected chi connectivity index (χ3v) is 7.68. The van der Waals surface area contributed by atoms with Crippen LogP contribution in [0.2, 0.25) is 0 Å². The van der Waals surface area contributed by atoms with Crippen molar-refractivity contribution in [3.8, 4) is 0 Å². The SMILES string of the molecule is Cc1cccc(N2CCN(C(=O)c3cccc(N4C(=O)C5CCCCC5C4=O)c3)CC2)c1C. The Labute approximate surface area is 195 Å². The molecule has 172 valence electrons. The lowest BCUT2D eigenvalue weighted by Crippen LogP contribution is -2.49. The van der Waals surface area contributed by atoms with Gasteiger partial charge in [-0.3, -0.25) is 19.3 Å². The molecule has 3 aliphatic rings. The second-order valence-electron chi connectivity index (χ2n) is 9.56. The summed E-state index contributed by atoms with van der Waals surface area (Å²) >= 11 is 0. The molecule has 2 aromatic carbocycles. The first-order valence-corrected chi connectivity index (χ1v) is 12.0. The Morgan fingerprint density at radius 2 is 1.48 bits per heavy atom. The molecule has 5 rings (SSSR count). The molecular weight excluding hydrogens is 414 g/mol. The highest BCUT2D eigenvalue weighted by Gasteiger charge is 2.48. The Morgan fingerprint density at radius 3 is 2.15 bits per heavy atom. The van der Waals surface area contributed by atoms with Crippen LogP contribution in [-0.4, -0.2) is 48.8 Å². The Morgan fingerprint density at radius 1 is 0.848 bits per heavy atom. The molecule has 2 unspecified atom stereocenters. The summed E-state index contributed by atoms with van der Waals surface area (Å²) in [7, 11) is 0. The summed E-state index contributed by atoms with van der Waals surface area (Å²) in [5, 5.41) is 0. The van der Waals surface area contributed by atoms with Crippen molar-refractivity contribution in [3.63, 3.8) is 0 Å². The van der Waals surface area contributed by atoms with Crippen molar-refractivity contribution >= 4 is 29.1 Å². The van der Waals surface area contributed by atoms with Crippen LogP contribution in [0.3, 0.4) is 0 Å². The fraction of sp³-hybridized carbons (Fsp3) is 0.444. The van der Waals surface area contributed by atoms with Gasteiger partial charge in [0.05, 0.1) is 17.5 Å². The highest BCUT2D eigenvalue weighted by Crippen LogP contribution is 2.40. The van der Waals surface area contributed by atoms with Crippen molar-refractivity contribution in [3.05, 3.63) is 59.2 Å². The average molecular weight is 446 g/mol. The topological polar surface area (TPSA) is 60.9 Å². The predicted molar refractivity (Wildman–Crippen MR) is 128 cm³/mol. The van der Waals surface area contributed by atoms with Gasteiger partial charge in [0.25, 0.3) is 5.91 Å². The molecule has 33 heavy (non-hydrogen) atoms. The number of imide groups is 1. The second kappa shape index (κ2) is 8.65. The predicted octanol–water partition coefficient (Wildman–Crippen LogP) is 3.95. The van der Waals surface area contributed by atoms with E-state index in [1.165, 1.54) is 21.7 Å². The molecule has 6 heteroatoms. The lowest BCUT2D eigenvalue weighted by atomic mass is 9.81. The van der Waals surface area contributed by atoms with Gasteiger partial charge in [0.15, 0.2) is 0 Å². The summed E-state index contributed by atoms with van der Waals surface area (Å²) in [5.41, 5.74) is 4.85. The van der Waals surface area contributed by atoms with E-state index in [4.69, 9.17) is 0 Å². The summed E-state index contributed by atoms with van der Waals surface area (Å²) in [5.74, 6) is -0.630. The van der Waals surface area contributed by atoms with E-state index in [1.54, 1.807) is 24.3 Å². The Kier molecular flexibility index (Phi) is 5.69. The van der Waals surface area contributed by atoms with Gasteiger partial charge in [0.2, 0.25) is 11.8 Å². The van der Waals surface area contributed by atoms with Gasteiger partial charge in [-0.05, 0) is 62.1 Å². The number of carbonyl (C=O) groups is 3. The summed E-state index contributed by atoms with van der Waals surface area (Å²) in [6.45, 7) is 7.11. The van der Waals surface area contributed by atoms with Gasteiger partial charge in [-0.15, -0.1) is 0 Å². The zero-order valence-electron chi connectivity index (χ0n) is 19.4. The van der Waals surface area contributed by atoms with E-state index in [-0.39, 0.29) is 29.6 Å². The molecule has 1 saturated carbocycles. The fourth-order valence-corrected chi connectivity index (χ4v) is 5.61. The smallest absolute Gasteiger partial charge is 0.254 e. The van der Waals surface area contributed by atoms with E-state index < -0.39 is 0 Å². The van der Waals surface area contributed by atoms with Crippen LogP contribution in [0, 0.1) is 25.7 Å². The molecule has 0 aromatic heterocycles. The number of carbonyl (C=O) groups excluding carboxylic acids is 3. The van der Waals surface area contributed by atoms with Crippen LogP contribution in [0.15, 0.2) is 42.5 Å². The molecule has 0 bridgehead atoms. The van der Waals surface area contributed by atoms with Crippen LogP contribution in [0.4, 0.5) is 11.4 Å². The number of hydrogen-bond acceptors (Lipinski definition) is 4. The molecule has 2 aliphatic heterocycles. The standard InChI is InChI=1S/C27H31N3O3/c1-18-7-5-12-24(19(18)2)28-13-15-29(16-14-28)25(31)20-8-6-9-21(17-20)30-26(32)22-10-3-4-11-23(22)27(30)33/h5-9,12,17,22-23H,3-4,10-11,13-16H2,1-2H3. The number of anilines is 2. The maximum absolute atomic E-state index is 13.3. The van der Waals surface area contributed by atoms with Crippen molar-refractivity contribution in [1.82, 2.24) is 4.90 Å². The summed E-state index contributed by atoms with van der Waals surface area (Å²) in [6, 6.07) is 13.4. The van der Waals surface area contributed by atoms with Gasteiger partial charge >= 0.3 is 0 Å². The first-order chi connectivity index (χ1) is 16.0. The minimum absolute atomic E-state index is 0.0472. The lowest BCUT2D eigenvalue weighted by Gasteiger charge is -2.37.